The number of amides is 1. The van der Waals surface area contributed by atoms with Gasteiger partial charge in [0.25, 0.3) is 0 Å². The number of hydrogen-bond donors (Lipinski definition) is 1. The molecule has 2 rings (SSSR count). The second kappa shape index (κ2) is 5.89. The van der Waals surface area contributed by atoms with Crippen molar-refractivity contribution in [3.8, 4) is 0 Å². The van der Waals surface area contributed by atoms with Gasteiger partial charge in [-0.2, -0.15) is 0 Å². The molecule has 0 aliphatic rings. The third-order valence-corrected chi connectivity index (χ3v) is 2.87. The van der Waals surface area contributed by atoms with E-state index in [2.05, 4.69) is 5.32 Å². The molecular weight excluding hydrogens is 269 g/mol. The Balaban J connectivity index is 1.98. The third kappa shape index (κ3) is 3.76. The fourth-order valence-electron chi connectivity index (χ4n) is 1.57. The highest BCUT2D eigenvalue weighted by atomic mass is 35.5. The normalized spacial score (nSPS) is 10.1. The monoisotopic (exact) mass is 279 g/mol. The van der Waals surface area contributed by atoms with E-state index in [0.717, 1.165) is 11.3 Å². The fraction of sp³-hybridized carbons (Fsp3) is 0.0714. The average molecular weight is 280 g/mol. The second-order valence-corrected chi connectivity index (χ2v) is 4.73. The second-order valence-electron chi connectivity index (χ2n) is 3.86. The van der Waals surface area contributed by atoms with Crippen LogP contribution in [0.2, 0.25) is 10.0 Å². The van der Waals surface area contributed by atoms with Crippen molar-refractivity contribution in [1.82, 2.24) is 0 Å². The van der Waals surface area contributed by atoms with Crippen LogP contribution in [0.25, 0.3) is 0 Å². The van der Waals surface area contributed by atoms with Crippen LogP contribution in [-0.4, -0.2) is 5.91 Å². The van der Waals surface area contributed by atoms with Gasteiger partial charge >= 0.3 is 0 Å². The summed E-state index contributed by atoms with van der Waals surface area (Å²) in [6.45, 7) is 0. The first-order chi connectivity index (χ1) is 8.63. The number of benzene rings is 2. The minimum absolute atomic E-state index is 0.0837. The lowest BCUT2D eigenvalue weighted by Gasteiger charge is -2.05. The van der Waals surface area contributed by atoms with Crippen LogP contribution in [0.5, 0.6) is 0 Å². The molecule has 0 radical (unpaired) electrons. The Morgan fingerprint density at radius 1 is 1.00 bits per heavy atom. The fourth-order valence-corrected chi connectivity index (χ4v) is 1.91. The molecule has 2 aromatic carbocycles. The molecule has 18 heavy (non-hydrogen) atoms. The van der Waals surface area contributed by atoms with Gasteiger partial charge in [0.05, 0.1) is 6.42 Å². The molecule has 0 aliphatic heterocycles. The van der Waals surface area contributed by atoms with E-state index in [4.69, 9.17) is 23.2 Å². The Hall–Kier alpha value is -1.51. The van der Waals surface area contributed by atoms with Crippen LogP contribution in [0.3, 0.4) is 0 Å². The van der Waals surface area contributed by atoms with Crippen LogP contribution in [0, 0.1) is 0 Å². The summed E-state index contributed by atoms with van der Waals surface area (Å²) in [5, 5.41) is 4.07. The van der Waals surface area contributed by atoms with E-state index in [1.54, 1.807) is 36.4 Å². The van der Waals surface area contributed by atoms with Gasteiger partial charge in [-0.3, -0.25) is 4.79 Å². The summed E-state index contributed by atoms with van der Waals surface area (Å²) in [6, 6.07) is 14.2. The Labute approximate surface area is 116 Å². The Morgan fingerprint density at radius 2 is 1.72 bits per heavy atom. The van der Waals surface area contributed by atoms with Gasteiger partial charge in [0, 0.05) is 15.7 Å². The predicted octanol–water partition coefficient (Wildman–Crippen LogP) is 4.17. The molecule has 0 fully saturated rings. The summed E-state index contributed by atoms with van der Waals surface area (Å²) in [7, 11) is 0. The van der Waals surface area contributed by atoms with Crippen LogP contribution < -0.4 is 5.32 Å². The van der Waals surface area contributed by atoms with Crippen molar-refractivity contribution >= 4 is 34.8 Å². The van der Waals surface area contributed by atoms with Crippen molar-refractivity contribution in [2.24, 2.45) is 0 Å². The molecule has 0 unspecified atom stereocenters. The van der Waals surface area contributed by atoms with E-state index < -0.39 is 0 Å². The number of nitrogens with one attached hydrogen (secondary N) is 1. The molecule has 0 aromatic heterocycles. The third-order valence-electron chi connectivity index (χ3n) is 2.38. The summed E-state index contributed by atoms with van der Waals surface area (Å²) in [6.07, 6.45) is 0.295. The van der Waals surface area contributed by atoms with Crippen molar-refractivity contribution < 1.29 is 4.79 Å². The maximum atomic E-state index is 11.8. The first-order valence-corrected chi connectivity index (χ1v) is 6.19. The number of carbonyl (C=O) groups excluding carboxylic acids is 1. The van der Waals surface area contributed by atoms with Crippen molar-refractivity contribution in [2.45, 2.75) is 6.42 Å². The van der Waals surface area contributed by atoms with Crippen LogP contribution in [0.15, 0.2) is 48.5 Å². The topological polar surface area (TPSA) is 29.1 Å². The summed E-state index contributed by atoms with van der Waals surface area (Å²) >= 11 is 11.6. The summed E-state index contributed by atoms with van der Waals surface area (Å²) in [5.41, 5.74) is 1.61. The zero-order chi connectivity index (χ0) is 13.0. The molecule has 2 aromatic rings. The lowest BCUT2D eigenvalue weighted by Crippen LogP contribution is -2.14. The van der Waals surface area contributed by atoms with Crippen molar-refractivity contribution in [3.63, 3.8) is 0 Å². The van der Waals surface area contributed by atoms with Crippen molar-refractivity contribution in [1.29, 1.82) is 0 Å². The molecule has 0 heterocycles. The van der Waals surface area contributed by atoms with E-state index >= 15 is 0 Å². The summed E-state index contributed by atoms with van der Waals surface area (Å²) < 4.78 is 0. The Kier molecular flexibility index (Phi) is 4.24. The quantitative estimate of drug-likeness (QED) is 0.898. The Morgan fingerprint density at radius 3 is 2.39 bits per heavy atom. The number of halogens is 2. The smallest absolute Gasteiger partial charge is 0.228 e. The van der Waals surface area contributed by atoms with Gasteiger partial charge in [0.2, 0.25) is 5.91 Å². The first kappa shape index (κ1) is 12.9. The van der Waals surface area contributed by atoms with E-state index in [1.807, 2.05) is 12.1 Å². The van der Waals surface area contributed by atoms with Crippen molar-refractivity contribution in [2.75, 3.05) is 5.32 Å². The van der Waals surface area contributed by atoms with E-state index in [1.165, 1.54) is 0 Å². The maximum Gasteiger partial charge on any atom is 0.228 e. The summed E-state index contributed by atoms with van der Waals surface area (Å²) in [4.78, 5) is 11.8. The molecule has 0 saturated heterocycles. The van der Waals surface area contributed by atoms with E-state index in [9.17, 15) is 4.79 Å². The Bertz CT molecular complexity index is 552. The van der Waals surface area contributed by atoms with Gasteiger partial charge in [-0.1, -0.05) is 35.3 Å². The van der Waals surface area contributed by atoms with Gasteiger partial charge < -0.3 is 5.32 Å². The minimum atomic E-state index is -0.0837. The standard InChI is InChI=1S/C14H11Cl2NO/c15-11-4-6-13(7-5-11)17-14(18)9-10-2-1-3-12(16)8-10/h1-8H,9H2,(H,17,18). The molecule has 1 N–H and O–H groups in total. The summed E-state index contributed by atoms with van der Waals surface area (Å²) in [5.74, 6) is -0.0837. The molecule has 1 amide bonds. The zero-order valence-corrected chi connectivity index (χ0v) is 11.0. The van der Waals surface area contributed by atoms with Crippen molar-refractivity contribution in [3.05, 3.63) is 64.1 Å². The largest absolute Gasteiger partial charge is 0.326 e. The molecule has 2 nitrogen and oxygen atoms in total. The molecule has 92 valence electrons. The lowest BCUT2D eigenvalue weighted by molar-refractivity contribution is -0.115. The van der Waals surface area contributed by atoms with Gasteiger partial charge in [-0.25, -0.2) is 0 Å². The van der Waals surface area contributed by atoms with Gasteiger partial charge in [0.1, 0.15) is 0 Å². The highest BCUT2D eigenvalue weighted by molar-refractivity contribution is 6.31. The lowest BCUT2D eigenvalue weighted by atomic mass is 10.1. The number of carbonyl (C=O) groups is 1. The van der Waals surface area contributed by atoms with Gasteiger partial charge in [-0.15, -0.1) is 0 Å². The number of hydrogen-bond acceptors (Lipinski definition) is 1. The molecule has 0 saturated carbocycles. The molecule has 4 heteroatoms. The molecular formula is C14H11Cl2NO. The molecule has 0 bridgehead atoms. The molecule has 0 aliphatic carbocycles. The zero-order valence-electron chi connectivity index (χ0n) is 9.49. The molecule has 0 spiro atoms. The van der Waals surface area contributed by atoms with Crippen LogP contribution in [-0.2, 0) is 11.2 Å². The number of anilines is 1. The van der Waals surface area contributed by atoms with Crippen LogP contribution >= 0.6 is 23.2 Å². The SMILES string of the molecule is O=C(Cc1cccc(Cl)c1)Nc1ccc(Cl)cc1. The number of rotatable bonds is 3. The van der Waals surface area contributed by atoms with E-state index in [0.29, 0.717) is 16.5 Å². The van der Waals surface area contributed by atoms with E-state index in [-0.39, 0.29) is 5.91 Å². The van der Waals surface area contributed by atoms with Gasteiger partial charge in [-0.05, 0) is 42.0 Å². The average Bonchev–Trinajstić information content (AvgIpc) is 2.32. The first-order valence-electron chi connectivity index (χ1n) is 5.43. The highest BCUT2D eigenvalue weighted by Gasteiger charge is 2.04. The minimum Gasteiger partial charge on any atom is -0.326 e. The molecule has 0 atom stereocenters. The highest BCUT2D eigenvalue weighted by Crippen LogP contribution is 2.15. The van der Waals surface area contributed by atoms with Gasteiger partial charge in [0.15, 0.2) is 0 Å². The van der Waals surface area contributed by atoms with Crippen LogP contribution in [0.4, 0.5) is 5.69 Å². The maximum absolute atomic E-state index is 11.8. The van der Waals surface area contributed by atoms with Crippen LogP contribution in [0.1, 0.15) is 5.56 Å². The predicted molar refractivity (Wildman–Crippen MR) is 75.2 cm³/mol.